The highest BCUT2D eigenvalue weighted by Gasteiger charge is 2.15. The summed E-state index contributed by atoms with van der Waals surface area (Å²) in [7, 11) is 0. The number of nitrogens with zero attached hydrogens (tertiary/aromatic N) is 1. The third-order valence-electron chi connectivity index (χ3n) is 2.67. The molecule has 0 amide bonds. The molecule has 18 heavy (non-hydrogen) atoms. The number of aliphatic hydroxyl groups excluding tert-OH is 1. The maximum absolute atomic E-state index is 10.4. The third-order valence-corrected chi connectivity index (χ3v) is 2.67. The van der Waals surface area contributed by atoms with Crippen LogP contribution >= 0.6 is 0 Å². The lowest BCUT2D eigenvalue weighted by atomic mass is 9.97. The van der Waals surface area contributed by atoms with E-state index < -0.39 is 6.10 Å². The van der Waals surface area contributed by atoms with Gasteiger partial charge in [0.15, 0.2) is 0 Å². The zero-order chi connectivity index (χ0) is 12.8. The summed E-state index contributed by atoms with van der Waals surface area (Å²) in [6.45, 7) is 3.69. The molecular formula is C16H15NO. The second-order valence-corrected chi connectivity index (χ2v) is 3.88. The van der Waals surface area contributed by atoms with Crippen LogP contribution in [-0.2, 0) is 0 Å². The molecule has 0 spiro atoms. The van der Waals surface area contributed by atoms with E-state index in [2.05, 4.69) is 11.6 Å². The van der Waals surface area contributed by atoms with E-state index in [0.717, 1.165) is 11.1 Å². The van der Waals surface area contributed by atoms with Crippen LogP contribution in [0.4, 0.5) is 0 Å². The smallest absolute Gasteiger partial charge is 0.122 e. The van der Waals surface area contributed by atoms with Crippen LogP contribution in [0.1, 0.15) is 17.4 Å². The van der Waals surface area contributed by atoms with E-state index >= 15 is 0 Å². The number of hydrogen-bond acceptors (Lipinski definition) is 2. The number of aromatic nitrogens is 1. The van der Waals surface area contributed by atoms with Gasteiger partial charge in [0.1, 0.15) is 6.10 Å². The van der Waals surface area contributed by atoms with Gasteiger partial charge in [0.25, 0.3) is 0 Å². The summed E-state index contributed by atoms with van der Waals surface area (Å²) in [5, 5.41) is 10.4. The monoisotopic (exact) mass is 237 g/mol. The van der Waals surface area contributed by atoms with E-state index in [1.54, 1.807) is 12.3 Å². The number of benzene rings is 1. The lowest BCUT2D eigenvalue weighted by Gasteiger charge is -2.14. The largest absolute Gasteiger partial charge is 0.382 e. The maximum atomic E-state index is 10.4. The van der Waals surface area contributed by atoms with Crippen molar-refractivity contribution in [2.75, 3.05) is 0 Å². The second-order valence-electron chi connectivity index (χ2n) is 3.88. The summed E-state index contributed by atoms with van der Waals surface area (Å²) in [6.07, 6.45) is 4.42. The lowest BCUT2D eigenvalue weighted by molar-refractivity contribution is 0.233. The third kappa shape index (κ3) is 2.73. The molecule has 0 aliphatic carbocycles. The van der Waals surface area contributed by atoms with E-state index in [1.165, 1.54) is 0 Å². The van der Waals surface area contributed by atoms with Crippen LogP contribution in [0.2, 0.25) is 0 Å². The van der Waals surface area contributed by atoms with E-state index in [4.69, 9.17) is 0 Å². The first-order valence-electron chi connectivity index (χ1n) is 5.80. The van der Waals surface area contributed by atoms with Crippen molar-refractivity contribution in [1.82, 2.24) is 4.98 Å². The minimum absolute atomic E-state index is 0.634. The molecule has 2 rings (SSSR count). The van der Waals surface area contributed by atoms with Gasteiger partial charge in [0, 0.05) is 6.20 Å². The molecule has 2 aromatic rings. The fourth-order valence-electron chi connectivity index (χ4n) is 1.80. The molecule has 2 nitrogen and oxygen atoms in total. The molecule has 2 heteroatoms. The molecule has 0 saturated heterocycles. The summed E-state index contributed by atoms with van der Waals surface area (Å²) in [4.78, 5) is 4.18. The van der Waals surface area contributed by atoms with E-state index in [9.17, 15) is 5.11 Å². The van der Waals surface area contributed by atoms with Gasteiger partial charge in [0.2, 0.25) is 0 Å². The molecule has 0 unspecified atom stereocenters. The molecule has 1 aromatic heterocycles. The Kier molecular flexibility index (Phi) is 4.05. The summed E-state index contributed by atoms with van der Waals surface area (Å²) in [5.41, 5.74) is 2.40. The molecule has 1 heterocycles. The van der Waals surface area contributed by atoms with E-state index in [1.807, 2.05) is 54.6 Å². The Morgan fingerprint density at radius 2 is 1.83 bits per heavy atom. The standard InChI is InChI=1S/C16H15NO/c1-2-8-14(13-9-4-3-5-10-13)16(18)15-11-6-7-12-17-15/h2-12,16,18H,1H2/b14-8+/t16-/m0/s1. The Morgan fingerprint density at radius 3 is 2.44 bits per heavy atom. The highest BCUT2D eigenvalue weighted by Crippen LogP contribution is 2.28. The van der Waals surface area contributed by atoms with Gasteiger partial charge >= 0.3 is 0 Å². The van der Waals surface area contributed by atoms with Gasteiger partial charge in [0.05, 0.1) is 5.69 Å². The molecular weight excluding hydrogens is 222 g/mol. The van der Waals surface area contributed by atoms with Crippen molar-refractivity contribution in [2.24, 2.45) is 0 Å². The van der Waals surface area contributed by atoms with Crippen LogP contribution in [0.15, 0.2) is 73.5 Å². The topological polar surface area (TPSA) is 33.1 Å². The summed E-state index contributed by atoms with van der Waals surface area (Å²) < 4.78 is 0. The highest BCUT2D eigenvalue weighted by molar-refractivity contribution is 5.70. The molecule has 0 bridgehead atoms. The van der Waals surface area contributed by atoms with Crippen molar-refractivity contribution in [3.8, 4) is 0 Å². The average Bonchev–Trinajstić information content (AvgIpc) is 2.46. The van der Waals surface area contributed by atoms with Crippen LogP contribution in [0, 0.1) is 0 Å². The van der Waals surface area contributed by atoms with Crippen LogP contribution < -0.4 is 0 Å². The molecule has 0 aliphatic rings. The summed E-state index contributed by atoms with van der Waals surface area (Å²) in [6, 6.07) is 15.3. The van der Waals surface area contributed by atoms with Crippen LogP contribution in [0.25, 0.3) is 5.57 Å². The Labute approximate surface area is 107 Å². The normalized spacial score (nSPS) is 13.1. The summed E-state index contributed by atoms with van der Waals surface area (Å²) in [5.74, 6) is 0. The maximum Gasteiger partial charge on any atom is 0.122 e. The number of aliphatic hydroxyl groups is 1. The predicted octanol–water partition coefficient (Wildman–Crippen LogP) is 3.38. The second kappa shape index (κ2) is 5.94. The molecule has 90 valence electrons. The summed E-state index contributed by atoms with van der Waals surface area (Å²) >= 11 is 0. The highest BCUT2D eigenvalue weighted by atomic mass is 16.3. The van der Waals surface area contributed by atoms with Gasteiger partial charge in [-0.3, -0.25) is 4.98 Å². The van der Waals surface area contributed by atoms with Crippen molar-refractivity contribution < 1.29 is 5.11 Å². The predicted molar refractivity (Wildman–Crippen MR) is 73.8 cm³/mol. The van der Waals surface area contributed by atoms with Crippen LogP contribution in [0.5, 0.6) is 0 Å². The zero-order valence-corrected chi connectivity index (χ0v) is 10.0. The van der Waals surface area contributed by atoms with Crippen molar-refractivity contribution in [3.05, 3.63) is 84.7 Å². The fourth-order valence-corrected chi connectivity index (χ4v) is 1.80. The van der Waals surface area contributed by atoms with Gasteiger partial charge in [-0.15, -0.1) is 0 Å². The number of allylic oxidation sites excluding steroid dienone is 2. The van der Waals surface area contributed by atoms with Gasteiger partial charge in [-0.2, -0.15) is 0 Å². The van der Waals surface area contributed by atoms with Gasteiger partial charge in [-0.25, -0.2) is 0 Å². The first kappa shape index (κ1) is 12.3. The van der Waals surface area contributed by atoms with Crippen molar-refractivity contribution in [3.63, 3.8) is 0 Å². The Morgan fingerprint density at radius 1 is 1.11 bits per heavy atom. The minimum Gasteiger partial charge on any atom is -0.382 e. The number of hydrogen-bond donors (Lipinski definition) is 1. The van der Waals surface area contributed by atoms with Gasteiger partial charge in [-0.1, -0.05) is 55.1 Å². The quantitative estimate of drug-likeness (QED) is 0.827. The van der Waals surface area contributed by atoms with Gasteiger partial charge < -0.3 is 5.11 Å². The lowest BCUT2D eigenvalue weighted by Crippen LogP contribution is -2.03. The first-order chi connectivity index (χ1) is 8.83. The average molecular weight is 237 g/mol. The molecule has 0 fully saturated rings. The molecule has 0 aliphatic heterocycles. The zero-order valence-electron chi connectivity index (χ0n) is 10.0. The molecule has 0 saturated carbocycles. The number of pyridine rings is 1. The fraction of sp³-hybridized carbons (Fsp3) is 0.0625. The van der Waals surface area contributed by atoms with Crippen molar-refractivity contribution >= 4 is 5.57 Å². The van der Waals surface area contributed by atoms with E-state index in [0.29, 0.717) is 5.69 Å². The van der Waals surface area contributed by atoms with Gasteiger partial charge in [-0.05, 0) is 23.3 Å². The number of rotatable bonds is 4. The van der Waals surface area contributed by atoms with E-state index in [-0.39, 0.29) is 0 Å². The molecule has 1 aromatic carbocycles. The minimum atomic E-state index is -0.744. The SMILES string of the molecule is C=C/C=C(\c1ccccc1)[C@H](O)c1ccccn1. The Bertz CT molecular complexity index is 532. The Balaban J connectivity index is 2.38. The van der Waals surface area contributed by atoms with Crippen LogP contribution in [-0.4, -0.2) is 10.1 Å². The van der Waals surface area contributed by atoms with Crippen molar-refractivity contribution in [2.45, 2.75) is 6.10 Å². The Hall–Kier alpha value is -2.19. The van der Waals surface area contributed by atoms with Crippen molar-refractivity contribution in [1.29, 1.82) is 0 Å². The molecule has 1 N–H and O–H groups in total. The molecule has 0 radical (unpaired) electrons. The van der Waals surface area contributed by atoms with Crippen LogP contribution in [0.3, 0.4) is 0 Å². The first-order valence-corrected chi connectivity index (χ1v) is 5.80. The molecule has 1 atom stereocenters.